The third-order valence-electron chi connectivity index (χ3n) is 4.86. The lowest BCUT2D eigenvalue weighted by Crippen LogP contribution is -2.39. The molecule has 0 heterocycles. The van der Waals surface area contributed by atoms with Crippen LogP contribution in [-0.4, -0.2) is 34.8 Å². The summed E-state index contributed by atoms with van der Waals surface area (Å²) in [5, 5.41) is 0. The second-order valence-electron chi connectivity index (χ2n) is 6.78. The molecule has 6 nitrogen and oxygen atoms in total. The number of sulfonamides is 1. The van der Waals surface area contributed by atoms with Crippen molar-refractivity contribution in [3.63, 3.8) is 0 Å². The highest BCUT2D eigenvalue weighted by atomic mass is 32.2. The van der Waals surface area contributed by atoms with Gasteiger partial charge >= 0.3 is 0 Å². The van der Waals surface area contributed by atoms with Crippen molar-refractivity contribution in [1.82, 2.24) is 4.72 Å². The van der Waals surface area contributed by atoms with E-state index in [1.807, 2.05) is 0 Å². The third kappa shape index (κ3) is 4.97. The van der Waals surface area contributed by atoms with E-state index in [0.29, 0.717) is 49.0 Å². The topological polar surface area (TPSA) is 73.9 Å². The predicted molar refractivity (Wildman–Crippen MR) is 103 cm³/mol. The van der Waals surface area contributed by atoms with Crippen molar-refractivity contribution in [1.29, 1.82) is 0 Å². The molecular weight excluding hydrogens is 404 g/mol. The molecule has 3 rings (SSSR count). The molecule has 0 spiro atoms. The first-order valence-corrected chi connectivity index (χ1v) is 10.7. The van der Waals surface area contributed by atoms with Crippen LogP contribution >= 0.6 is 0 Å². The smallest absolute Gasteiger partial charge is 0.240 e. The second-order valence-corrected chi connectivity index (χ2v) is 8.49. The minimum Gasteiger partial charge on any atom is -0.493 e. The van der Waals surface area contributed by atoms with Gasteiger partial charge < -0.3 is 14.2 Å². The van der Waals surface area contributed by atoms with E-state index in [9.17, 15) is 17.2 Å². The number of rotatable bonds is 7. The summed E-state index contributed by atoms with van der Waals surface area (Å²) in [4.78, 5) is -0.295. The zero-order chi connectivity index (χ0) is 21.0. The van der Waals surface area contributed by atoms with Crippen molar-refractivity contribution in [3.05, 3.63) is 48.0 Å². The molecule has 2 aromatic rings. The third-order valence-corrected chi connectivity index (χ3v) is 6.38. The largest absolute Gasteiger partial charge is 0.493 e. The van der Waals surface area contributed by atoms with Gasteiger partial charge in [0.1, 0.15) is 0 Å². The van der Waals surface area contributed by atoms with Crippen LogP contribution in [0.2, 0.25) is 0 Å². The van der Waals surface area contributed by atoms with E-state index in [-0.39, 0.29) is 17.0 Å². The molecule has 2 aromatic carbocycles. The molecule has 9 heteroatoms. The highest BCUT2D eigenvalue weighted by Crippen LogP contribution is 2.38. The lowest BCUT2D eigenvalue weighted by atomic mass is 9.93. The number of para-hydroxylation sites is 1. The van der Waals surface area contributed by atoms with Crippen molar-refractivity contribution >= 4 is 10.0 Å². The maximum absolute atomic E-state index is 13.4. The van der Waals surface area contributed by atoms with E-state index in [4.69, 9.17) is 14.2 Å². The van der Waals surface area contributed by atoms with Crippen LogP contribution in [-0.2, 0) is 10.0 Å². The molecule has 1 aliphatic rings. The Kier molecular flexibility index (Phi) is 6.59. The van der Waals surface area contributed by atoms with Gasteiger partial charge in [-0.15, -0.1) is 0 Å². The lowest BCUT2D eigenvalue weighted by molar-refractivity contribution is 0.138. The minimum atomic E-state index is -3.93. The van der Waals surface area contributed by atoms with E-state index >= 15 is 0 Å². The monoisotopic (exact) mass is 427 g/mol. The van der Waals surface area contributed by atoms with Gasteiger partial charge in [-0.05, 0) is 56.0 Å². The Morgan fingerprint density at radius 3 is 2.24 bits per heavy atom. The van der Waals surface area contributed by atoms with Crippen LogP contribution in [0.5, 0.6) is 17.2 Å². The summed E-state index contributed by atoms with van der Waals surface area (Å²) >= 11 is 0. The van der Waals surface area contributed by atoms with Crippen molar-refractivity contribution in [2.45, 2.75) is 42.7 Å². The number of nitrogens with one attached hydrogen (secondary N) is 1. The van der Waals surface area contributed by atoms with Crippen LogP contribution in [0.1, 0.15) is 25.7 Å². The first-order chi connectivity index (χ1) is 13.8. The van der Waals surface area contributed by atoms with Crippen LogP contribution in [0.15, 0.2) is 41.3 Å². The summed E-state index contributed by atoms with van der Waals surface area (Å²) in [7, 11) is -0.845. The fourth-order valence-corrected chi connectivity index (χ4v) is 4.68. The Balaban J connectivity index is 1.60. The molecule has 0 aliphatic heterocycles. The fourth-order valence-electron chi connectivity index (χ4n) is 3.36. The molecular formula is C20H23F2NO5S. The molecule has 0 saturated heterocycles. The molecule has 1 N–H and O–H groups in total. The van der Waals surface area contributed by atoms with Gasteiger partial charge in [0.05, 0.1) is 25.2 Å². The van der Waals surface area contributed by atoms with Gasteiger partial charge in [0.2, 0.25) is 15.8 Å². The normalized spacial score (nSPS) is 19.6. The van der Waals surface area contributed by atoms with Crippen LogP contribution in [0, 0.1) is 11.6 Å². The molecule has 0 unspecified atom stereocenters. The number of halogens is 2. The summed E-state index contributed by atoms with van der Waals surface area (Å²) in [5.74, 6) is -0.640. The summed E-state index contributed by atoms with van der Waals surface area (Å²) in [5.41, 5.74) is 0. The van der Waals surface area contributed by atoms with Gasteiger partial charge in [-0.3, -0.25) is 0 Å². The molecule has 0 radical (unpaired) electrons. The molecule has 0 bridgehead atoms. The van der Waals surface area contributed by atoms with Crippen molar-refractivity contribution < 1.29 is 31.4 Å². The number of hydrogen-bond acceptors (Lipinski definition) is 5. The molecule has 1 aliphatic carbocycles. The standard InChI is InChI=1S/C20H23F2NO5S/c1-26-18-4-3-5-19(20(18)27-2)28-14-8-6-13(7-9-14)23-29(24,25)15-10-11-16(21)17(22)12-15/h3-5,10-14,23H,6-9H2,1-2H3. The van der Waals surface area contributed by atoms with Crippen LogP contribution in [0.4, 0.5) is 8.78 Å². The van der Waals surface area contributed by atoms with Gasteiger partial charge in [0.25, 0.3) is 0 Å². The number of hydrogen-bond donors (Lipinski definition) is 1. The number of ether oxygens (including phenoxy) is 3. The first kappa shape index (κ1) is 21.3. The van der Waals surface area contributed by atoms with Crippen LogP contribution in [0.3, 0.4) is 0 Å². The molecule has 158 valence electrons. The van der Waals surface area contributed by atoms with Gasteiger partial charge in [0.15, 0.2) is 23.1 Å². The number of methoxy groups -OCH3 is 2. The van der Waals surface area contributed by atoms with E-state index in [0.717, 1.165) is 12.1 Å². The van der Waals surface area contributed by atoms with Gasteiger partial charge in [0, 0.05) is 6.04 Å². The molecule has 1 saturated carbocycles. The molecule has 1 fully saturated rings. The van der Waals surface area contributed by atoms with Gasteiger partial charge in [-0.1, -0.05) is 6.07 Å². The molecule has 29 heavy (non-hydrogen) atoms. The maximum atomic E-state index is 13.4. The summed E-state index contributed by atoms with van der Waals surface area (Å²) in [6, 6.07) is 7.59. The van der Waals surface area contributed by atoms with Crippen molar-refractivity contribution in [2.24, 2.45) is 0 Å². The van der Waals surface area contributed by atoms with Crippen molar-refractivity contribution in [2.75, 3.05) is 14.2 Å². The Morgan fingerprint density at radius 2 is 1.62 bits per heavy atom. The average molecular weight is 427 g/mol. The van der Waals surface area contributed by atoms with Crippen LogP contribution < -0.4 is 18.9 Å². The van der Waals surface area contributed by atoms with Gasteiger partial charge in [-0.25, -0.2) is 21.9 Å². The Morgan fingerprint density at radius 1 is 0.931 bits per heavy atom. The Hall–Kier alpha value is -2.39. The molecule has 0 amide bonds. The Bertz CT molecular complexity index is 959. The first-order valence-electron chi connectivity index (χ1n) is 9.19. The maximum Gasteiger partial charge on any atom is 0.240 e. The highest BCUT2D eigenvalue weighted by Gasteiger charge is 2.28. The zero-order valence-corrected chi connectivity index (χ0v) is 17.0. The average Bonchev–Trinajstić information content (AvgIpc) is 2.71. The summed E-state index contributed by atoms with van der Waals surface area (Å²) < 4.78 is 70.5. The zero-order valence-electron chi connectivity index (χ0n) is 16.2. The van der Waals surface area contributed by atoms with E-state index in [1.165, 1.54) is 7.11 Å². The van der Waals surface area contributed by atoms with E-state index < -0.39 is 21.7 Å². The fraction of sp³-hybridized carbons (Fsp3) is 0.400. The summed E-state index contributed by atoms with van der Waals surface area (Å²) in [6.45, 7) is 0. The predicted octanol–water partition coefficient (Wildman–Crippen LogP) is 3.65. The molecule has 0 atom stereocenters. The van der Waals surface area contributed by atoms with Crippen molar-refractivity contribution in [3.8, 4) is 17.2 Å². The summed E-state index contributed by atoms with van der Waals surface area (Å²) in [6.07, 6.45) is 2.27. The quantitative estimate of drug-likeness (QED) is 0.730. The van der Waals surface area contributed by atoms with E-state index in [2.05, 4.69) is 4.72 Å². The van der Waals surface area contributed by atoms with Gasteiger partial charge in [-0.2, -0.15) is 0 Å². The SMILES string of the molecule is COc1cccc(OC2CCC(NS(=O)(=O)c3ccc(F)c(F)c3)CC2)c1OC. The Labute approximate surface area is 168 Å². The lowest BCUT2D eigenvalue weighted by Gasteiger charge is -2.30. The highest BCUT2D eigenvalue weighted by molar-refractivity contribution is 7.89. The minimum absolute atomic E-state index is 0.0972. The van der Waals surface area contributed by atoms with Crippen LogP contribution in [0.25, 0.3) is 0 Å². The molecule has 0 aromatic heterocycles. The van der Waals surface area contributed by atoms with E-state index in [1.54, 1.807) is 25.3 Å². The number of benzene rings is 2. The second kappa shape index (κ2) is 8.96.